The number of imidazole rings is 1. The zero-order chi connectivity index (χ0) is 10.8. The first-order chi connectivity index (χ1) is 7.20. The van der Waals surface area contributed by atoms with Crippen LogP contribution in [0, 0.1) is 0 Å². The van der Waals surface area contributed by atoms with Gasteiger partial charge in [0.25, 0.3) is 0 Å². The summed E-state index contributed by atoms with van der Waals surface area (Å²) < 4.78 is 5.59. The molecule has 0 aliphatic carbocycles. The molecule has 2 aromatic heterocycles. The second kappa shape index (κ2) is 4.16. The van der Waals surface area contributed by atoms with E-state index >= 15 is 0 Å². The van der Waals surface area contributed by atoms with Gasteiger partial charge < -0.3 is 9.72 Å². The number of thiophene rings is 1. The van der Waals surface area contributed by atoms with Crippen LogP contribution in [0.2, 0.25) is 0 Å². The number of esters is 1. The largest absolute Gasteiger partial charge is 0.463 e. The maximum Gasteiger partial charge on any atom is 0.374 e. The highest BCUT2D eigenvalue weighted by molar-refractivity contribution is 9.11. The number of carbonyl (C=O) groups is 1. The van der Waals surface area contributed by atoms with E-state index in [-0.39, 0.29) is 5.82 Å². The van der Waals surface area contributed by atoms with Crippen molar-refractivity contribution in [3.05, 3.63) is 27.9 Å². The molecule has 0 aliphatic heterocycles. The molecule has 78 valence electrons. The number of hydrogen-bond acceptors (Lipinski definition) is 4. The lowest BCUT2D eigenvalue weighted by Gasteiger charge is -1.92. The zero-order valence-electron chi connectivity index (χ0n) is 7.78. The Bertz CT molecular complexity index is 492. The molecule has 0 unspecified atom stereocenters. The van der Waals surface area contributed by atoms with Gasteiger partial charge in [-0.1, -0.05) is 0 Å². The smallest absolute Gasteiger partial charge is 0.374 e. The highest BCUT2D eigenvalue weighted by Gasteiger charge is 2.11. The third-order valence-corrected chi connectivity index (χ3v) is 3.45. The third kappa shape index (κ3) is 2.10. The average molecular weight is 287 g/mol. The minimum Gasteiger partial charge on any atom is -0.463 e. The van der Waals surface area contributed by atoms with E-state index in [0.29, 0.717) is 0 Å². The summed E-state index contributed by atoms with van der Waals surface area (Å²) in [6.45, 7) is 0. The summed E-state index contributed by atoms with van der Waals surface area (Å²) in [4.78, 5) is 19.0. The molecule has 4 nitrogen and oxygen atoms in total. The monoisotopic (exact) mass is 286 g/mol. The predicted molar refractivity (Wildman–Crippen MR) is 60.9 cm³/mol. The van der Waals surface area contributed by atoms with E-state index in [4.69, 9.17) is 0 Å². The highest BCUT2D eigenvalue weighted by Crippen LogP contribution is 2.29. The molecule has 0 bridgehead atoms. The van der Waals surface area contributed by atoms with Crippen molar-refractivity contribution >= 4 is 33.2 Å². The summed E-state index contributed by atoms with van der Waals surface area (Å²) in [5.41, 5.74) is 0.811. The average Bonchev–Trinajstić information content (AvgIpc) is 2.84. The third-order valence-electron chi connectivity index (χ3n) is 1.79. The van der Waals surface area contributed by atoms with E-state index in [1.165, 1.54) is 7.11 Å². The van der Waals surface area contributed by atoms with Crippen LogP contribution in [-0.4, -0.2) is 23.0 Å². The summed E-state index contributed by atoms with van der Waals surface area (Å²) >= 11 is 4.94. The SMILES string of the molecule is COC(=O)c1ncc(-c2ccc(Br)s2)[nH]1. The fourth-order valence-electron chi connectivity index (χ4n) is 1.11. The van der Waals surface area contributed by atoms with Crippen molar-refractivity contribution in [3.63, 3.8) is 0 Å². The molecular weight excluding hydrogens is 280 g/mol. The molecule has 0 saturated heterocycles. The van der Waals surface area contributed by atoms with Crippen molar-refractivity contribution in [1.29, 1.82) is 0 Å². The van der Waals surface area contributed by atoms with E-state index in [9.17, 15) is 4.79 Å². The molecule has 0 aromatic carbocycles. The Balaban J connectivity index is 2.31. The molecule has 2 heterocycles. The summed E-state index contributed by atoms with van der Waals surface area (Å²) in [6, 6.07) is 3.89. The number of ether oxygens (including phenoxy) is 1. The molecule has 2 rings (SSSR count). The minimum atomic E-state index is -0.461. The summed E-state index contributed by atoms with van der Waals surface area (Å²) in [7, 11) is 1.33. The van der Waals surface area contributed by atoms with Gasteiger partial charge in [-0.25, -0.2) is 9.78 Å². The van der Waals surface area contributed by atoms with E-state index in [1.54, 1.807) is 17.5 Å². The van der Waals surface area contributed by atoms with Gasteiger partial charge >= 0.3 is 5.97 Å². The Hall–Kier alpha value is -1.14. The van der Waals surface area contributed by atoms with Gasteiger partial charge in [-0.15, -0.1) is 11.3 Å². The Labute approximate surface area is 98.4 Å². The van der Waals surface area contributed by atoms with Crippen LogP contribution in [-0.2, 0) is 4.74 Å². The summed E-state index contributed by atoms with van der Waals surface area (Å²) in [5, 5.41) is 0. The Morgan fingerprint density at radius 3 is 3.00 bits per heavy atom. The molecule has 0 spiro atoms. The minimum absolute atomic E-state index is 0.219. The van der Waals surface area contributed by atoms with Gasteiger partial charge in [-0.3, -0.25) is 0 Å². The number of carbonyl (C=O) groups excluding carboxylic acids is 1. The van der Waals surface area contributed by atoms with Crippen molar-refractivity contribution in [2.24, 2.45) is 0 Å². The van der Waals surface area contributed by atoms with Gasteiger partial charge in [0, 0.05) is 0 Å². The van der Waals surface area contributed by atoms with Crippen LogP contribution in [0.15, 0.2) is 22.1 Å². The van der Waals surface area contributed by atoms with E-state index in [1.807, 2.05) is 12.1 Å². The Morgan fingerprint density at radius 2 is 2.40 bits per heavy atom. The molecule has 15 heavy (non-hydrogen) atoms. The van der Waals surface area contributed by atoms with Crippen molar-refractivity contribution in [3.8, 4) is 10.6 Å². The van der Waals surface area contributed by atoms with Crippen molar-refractivity contribution in [2.45, 2.75) is 0 Å². The number of halogens is 1. The first-order valence-electron chi connectivity index (χ1n) is 4.09. The number of aromatic amines is 1. The van der Waals surface area contributed by atoms with E-state index < -0.39 is 5.97 Å². The van der Waals surface area contributed by atoms with Crippen LogP contribution in [0.5, 0.6) is 0 Å². The van der Waals surface area contributed by atoms with Crippen molar-refractivity contribution in [2.75, 3.05) is 7.11 Å². The van der Waals surface area contributed by atoms with Crippen molar-refractivity contribution in [1.82, 2.24) is 9.97 Å². The fourth-order valence-corrected chi connectivity index (χ4v) is 2.46. The van der Waals surface area contributed by atoms with Crippen LogP contribution in [0.1, 0.15) is 10.6 Å². The lowest BCUT2D eigenvalue weighted by atomic mass is 10.4. The number of nitrogens with zero attached hydrogens (tertiary/aromatic N) is 1. The van der Waals surface area contributed by atoms with Crippen LogP contribution in [0.3, 0.4) is 0 Å². The van der Waals surface area contributed by atoms with Crippen LogP contribution >= 0.6 is 27.3 Å². The lowest BCUT2D eigenvalue weighted by Crippen LogP contribution is -2.02. The van der Waals surface area contributed by atoms with Gasteiger partial charge in [0.05, 0.1) is 27.7 Å². The second-order valence-corrected chi connectivity index (χ2v) is 5.20. The number of aromatic nitrogens is 2. The molecule has 0 aliphatic rings. The number of H-pyrrole nitrogens is 1. The zero-order valence-corrected chi connectivity index (χ0v) is 10.2. The summed E-state index contributed by atoms with van der Waals surface area (Å²) in [5.74, 6) is -0.242. The number of rotatable bonds is 2. The standard InChI is InChI=1S/C9H7BrN2O2S/c1-14-9(13)8-11-4-5(12-8)6-2-3-7(10)15-6/h2-4H,1H3,(H,11,12). The molecular formula is C9H7BrN2O2S. The van der Waals surface area contributed by atoms with Crippen LogP contribution in [0.25, 0.3) is 10.6 Å². The summed E-state index contributed by atoms with van der Waals surface area (Å²) in [6.07, 6.45) is 1.62. The van der Waals surface area contributed by atoms with Gasteiger partial charge in [-0.2, -0.15) is 0 Å². The molecule has 0 amide bonds. The van der Waals surface area contributed by atoms with E-state index in [2.05, 4.69) is 30.6 Å². The first-order valence-corrected chi connectivity index (χ1v) is 5.70. The highest BCUT2D eigenvalue weighted by atomic mass is 79.9. The van der Waals surface area contributed by atoms with Gasteiger partial charge in [-0.05, 0) is 28.1 Å². The molecule has 2 aromatic rings. The predicted octanol–water partition coefficient (Wildman–Crippen LogP) is 2.69. The molecule has 6 heteroatoms. The van der Waals surface area contributed by atoms with Gasteiger partial charge in [0.2, 0.25) is 5.82 Å². The molecule has 1 N–H and O–H groups in total. The first kappa shape index (κ1) is 10.4. The normalized spacial score (nSPS) is 10.3. The lowest BCUT2D eigenvalue weighted by molar-refractivity contribution is 0.0588. The van der Waals surface area contributed by atoms with Gasteiger partial charge in [0.15, 0.2) is 0 Å². The Morgan fingerprint density at radius 1 is 1.60 bits per heavy atom. The number of hydrogen-bond donors (Lipinski definition) is 1. The van der Waals surface area contributed by atoms with Crippen LogP contribution in [0.4, 0.5) is 0 Å². The molecule has 0 fully saturated rings. The van der Waals surface area contributed by atoms with Gasteiger partial charge in [0.1, 0.15) is 0 Å². The molecule has 0 radical (unpaired) electrons. The quantitative estimate of drug-likeness (QED) is 0.864. The maximum atomic E-state index is 11.1. The van der Waals surface area contributed by atoms with E-state index in [0.717, 1.165) is 14.4 Å². The van der Waals surface area contributed by atoms with Crippen LogP contribution < -0.4 is 0 Å². The second-order valence-electron chi connectivity index (χ2n) is 2.74. The number of nitrogens with one attached hydrogen (secondary N) is 1. The fraction of sp³-hybridized carbons (Fsp3) is 0.111. The molecule has 0 saturated carbocycles. The number of methoxy groups -OCH3 is 1. The Kier molecular flexibility index (Phi) is 2.88. The topological polar surface area (TPSA) is 55.0 Å². The van der Waals surface area contributed by atoms with Crippen molar-refractivity contribution < 1.29 is 9.53 Å². The molecule has 0 atom stereocenters. The maximum absolute atomic E-state index is 11.1.